The SMILES string of the molecule is FC(F)C(F)(F)COCC(COCC(F)(F)C(F)F)OC(F)(F)C(F)C(F)(F)F. The molecule has 3 nitrogen and oxygen atoms in total. The normalized spacial score (nSPS) is 15.6. The number of rotatable bonds is 13. The molecule has 0 heterocycles. The summed E-state index contributed by atoms with van der Waals surface area (Å²) >= 11 is 0. The van der Waals surface area contributed by atoms with Crippen LogP contribution in [0.5, 0.6) is 0 Å². The van der Waals surface area contributed by atoms with Crippen molar-refractivity contribution < 1.29 is 75.7 Å². The summed E-state index contributed by atoms with van der Waals surface area (Å²) in [5.74, 6) is -9.68. The third-order valence-electron chi connectivity index (χ3n) is 2.74. The van der Waals surface area contributed by atoms with Crippen molar-refractivity contribution in [3.05, 3.63) is 0 Å². The highest BCUT2D eigenvalue weighted by Crippen LogP contribution is 2.36. The molecule has 0 aliphatic carbocycles. The van der Waals surface area contributed by atoms with Gasteiger partial charge >= 0.3 is 37.0 Å². The maximum Gasteiger partial charge on any atom is 0.428 e. The van der Waals surface area contributed by atoms with Crippen LogP contribution >= 0.6 is 0 Å². The molecule has 0 N–H and O–H groups in total. The monoisotopic (exact) mass is 470 g/mol. The predicted octanol–water partition coefficient (Wildman–Crippen LogP) is 4.70. The van der Waals surface area contributed by atoms with Gasteiger partial charge in [0.2, 0.25) is 0 Å². The van der Waals surface area contributed by atoms with Crippen LogP contribution in [0.25, 0.3) is 0 Å². The Hall–Kier alpha value is -1.10. The van der Waals surface area contributed by atoms with Gasteiger partial charge in [0.25, 0.3) is 6.17 Å². The van der Waals surface area contributed by atoms with E-state index in [4.69, 9.17) is 0 Å². The molecule has 1 unspecified atom stereocenters. The summed E-state index contributed by atoms with van der Waals surface area (Å²) in [5, 5.41) is 0. The molecule has 0 spiro atoms. The zero-order valence-electron chi connectivity index (χ0n) is 13.7. The zero-order valence-corrected chi connectivity index (χ0v) is 13.7. The second-order valence-electron chi connectivity index (χ2n) is 5.36. The molecular formula is C12H12F14O3. The summed E-state index contributed by atoms with van der Waals surface area (Å²) in [6, 6.07) is 0. The van der Waals surface area contributed by atoms with Gasteiger partial charge < -0.3 is 14.2 Å². The van der Waals surface area contributed by atoms with E-state index in [1.807, 2.05) is 0 Å². The first kappa shape index (κ1) is 27.9. The van der Waals surface area contributed by atoms with Gasteiger partial charge in [-0.3, -0.25) is 0 Å². The molecule has 17 heteroatoms. The standard InChI is InChI=1S/C12H12F14O3/c13-6(11(22,23)24)12(25,26)29-5(1-27-3-9(18,19)7(14)15)2-28-4-10(20,21)8(16)17/h5-8H,1-4H2. The van der Waals surface area contributed by atoms with Crippen molar-refractivity contribution in [3.8, 4) is 0 Å². The minimum Gasteiger partial charge on any atom is -0.372 e. The van der Waals surface area contributed by atoms with E-state index in [0.29, 0.717) is 0 Å². The van der Waals surface area contributed by atoms with Gasteiger partial charge in [-0.2, -0.15) is 39.5 Å². The molecule has 176 valence electrons. The average Bonchev–Trinajstić information content (AvgIpc) is 2.52. The number of alkyl halides is 14. The first-order valence-electron chi connectivity index (χ1n) is 7.06. The zero-order chi connectivity index (χ0) is 23.3. The minimum absolute atomic E-state index is 1.69. The highest BCUT2D eigenvalue weighted by molar-refractivity contribution is 4.78. The van der Waals surface area contributed by atoms with Gasteiger partial charge in [0.15, 0.2) is 0 Å². The van der Waals surface area contributed by atoms with Gasteiger partial charge in [0, 0.05) is 0 Å². The van der Waals surface area contributed by atoms with E-state index in [1.165, 1.54) is 0 Å². The third-order valence-corrected chi connectivity index (χ3v) is 2.74. The molecule has 0 rings (SSSR count). The molecule has 0 radical (unpaired) electrons. The van der Waals surface area contributed by atoms with Crippen molar-refractivity contribution in [2.45, 2.75) is 49.3 Å². The van der Waals surface area contributed by atoms with Crippen molar-refractivity contribution in [1.29, 1.82) is 0 Å². The number of hydrogen-bond donors (Lipinski definition) is 0. The molecule has 0 fully saturated rings. The summed E-state index contributed by atoms with van der Waals surface area (Å²) in [7, 11) is 0. The molecule has 0 amide bonds. The van der Waals surface area contributed by atoms with Crippen molar-refractivity contribution in [2.24, 2.45) is 0 Å². The van der Waals surface area contributed by atoms with Crippen LogP contribution in [0, 0.1) is 0 Å². The molecule has 0 aliphatic heterocycles. The Bertz CT molecular complexity index is 455. The van der Waals surface area contributed by atoms with Gasteiger partial charge in [0.05, 0.1) is 13.2 Å². The van der Waals surface area contributed by atoms with Crippen LogP contribution in [0.15, 0.2) is 0 Å². The Balaban J connectivity index is 5.09. The van der Waals surface area contributed by atoms with Crippen LogP contribution in [0.1, 0.15) is 0 Å². The second-order valence-corrected chi connectivity index (χ2v) is 5.36. The van der Waals surface area contributed by atoms with Crippen LogP contribution in [0.3, 0.4) is 0 Å². The lowest BCUT2D eigenvalue weighted by molar-refractivity contribution is -0.354. The predicted molar refractivity (Wildman–Crippen MR) is 64.3 cm³/mol. The summed E-state index contributed by atoms with van der Waals surface area (Å²) in [6.45, 7) is -7.74. The van der Waals surface area contributed by atoms with Gasteiger partial charge in [-0.25, -0.2) is 22.0 Å². The highest BCUT2D eigenvalue weighted by atomic mass is 19.4. The number of halogens is 14. The van der Waals surface area contributed by atoms with Crippen LogP contribution in [-0.4, -0.2) is 75.7 Å². The fraction of sp³-hybridized carbons (Fsp3) is 1.00. The Morgan fingerprint density at radius 2 is 0.931 bits per heavy atom. The molecule has 0 saturated carbocycles. The first-order chi connectivity index (χ1) is 12.8. The second kappa shape index (κ2) is 10.3. The summed E-state index contributed by atoms with van der Waals surface area (Å²) in [5.41, 5.74) is 0. The fourth-order valence-electron chi connectivity index (χ4n) is 1.37. The van der Waals surface area contributed by atoms with Crippen LogP contribution in [0.2, 0.25) is 0 Å². The maximum absolute atomic E-state index is 13.2. The molecule has 0 aromatic carbocycles. The van der Waals surface area contributed by atoms with E-state index in [9.17, 15) is 61.5 Å². The fourth-order valence-corrected chi connectivity index (χ4v) is 1.37. The summed E-state index contributed by atoms with van der Waals surface area (Å²) in [6.07, 6.45) is -28.2. The number of ether oxygens (including phenoxy) is 3. The smallest absolute Gasteiger partial charge is 0.372 e. The quantitative estimate of drug-likeness (QED) is 0.366. The van der Waals surface area contributed by atoms with Crippen molar-refractivity contribution in [3.63, 3.8) is 0 Å². The molecule has 0 bridgehead atoms. The lowest BCUT2D eigenvalue weighted by atomic mass is 10.3. The van der Waals surface area contributed by atoms with E-state index in [2.05, 4.69) is 14.2 Å². The number of hydrogen-bond acceptors (Lipinski definition) is 3. The Morgan fingerprint density at radius 1 is 0.586 bits per heavy atom. The molecule has 29 heavy (non-hydrogen) atoms. The van der Waals surface area contributed by atoms with Gasteiger partial charge in [0.1, 0.15) is 19.3 Å². The first-order valence-corrected chi connectivity index (χ1v) is 7.06. The van der Waals surface area contributed by atoms with E-state index >= 15 is 0 Å². The summed E-state index contributed by atoms with van der Waals surface area (Å²) < 4.78 is 184. The van der Waals surface area contributed by atoms with Crippen molar-refractivity contribution in [2.75, 3.05) is 26.4 Å². The topological polar surface area (TPSA) is 27.7 Å². The molecule has 0 aromatic rings. The molecule has 0 saturated heterocycles. The van der Waals surface area contributed by atoms with E-state index in [0.717, 1.165) is 0 Å². The third kappa shape index (κ3) is 9.50. The van der Waals surface area contributed by atoms with E-state index < -0.39 is 75.7 Å². The summed E-state index contributed by atoms with van der Waals surface area (Å²) in [4.78, 5) is 0. The van der Waals surface area contributed by atoms with Crippen LogP contribution < -0.4 is 0 Å². The van der Waals surface area contributed by atoms with E-state index in [1.54, 1.807) is 0 Å². The molecule has 0 aromatic heterocycles. The molecule has 0 aliphatic rings. The van der Waals surface area contributed by atoms with E-state index in [-0.39, 0.29) is 0 Å². The van der Waals surface area contributed by atoms with Gasteiger partial charge in [-0.1, -0.05) is 0 Å². The largest absolute Gasteiger partial charge is 0.428 e. The highest BCUT2D eigenvalue weighted by Gasteiger charge is 2.59. The van der Waals surface area contributed by atoms with Crippen molar-refractivity contribution >= 4 is 0 Å². The lowest BCUT2D eigenvalue weighted by Crippen LogP contribution is -2.47. The van der Waals surface area contributed by atoms with Gasteiger partial charge in [-0.05, 0) is 0 Å². The van der Waals surface area contributed by atoms with Crippen molar-refractivity contribution in [1.82, 2.24) is 0 Å². The lowest BCUT2D eigenvalue weighted by Gasteiger charge is -2.28. The Kier molecular flexibility index (Phi) is 9.89. The van der Waals surface area contributed by atoms with Crippen LogP contribution in [-0.2, 0) is 14.2 Å². The van der Waals surface area contributed by atoms with Gasteiger partial charge in [-0.15, -0.1) is 0 Å². The average molecular weight is 470 g/mol. The Morgan fingerprint density at radius 3 is 1.21 bits per heavy atom. The molecule has 1 atom stereocenters. The Labute approximate surface area is 152 Å². The molecular weight excluding hydrogens is 458 g/mol. The minimum atomic E-state index is -6.18. The maximum atomic E-state index is 13.2. The van der Waals surface area contributed by atoms with Crippen LogP contribution in [0.4, 0.5) is 61.5 Å².